The predicted octanol–water partition coefficient (Wildman–Crippen LogP) is 2.58. The molecule has 1 unspecified atom stereocenters. The zero-order valence-corrected chi connectivity index (χ0v) is 12.3. The number of nitrogens with one attached hydrogen (secondary N) is 1. The van der Waals surface area contributed by atoms with Gasteiger partial charge in [0, 0.05) is 18.1 Å². The molecular formula is C16H18ClNO3. The molecule has 0 aromatic heterocycles. The molecule has 3 N–H and O–H groups in total. The Morgan fingerprint density at radius 2 is 1.90 bits per heavy atom. The predicted molar refractivity (Wildman–Crippen MR) is 82.8 cm³/mol. The molecule has 21 heavy (non-hydrogen) atoms. The van der Waals surface area contributed by atoms with E-state index in [1.165, 1.54) is 0 Å². The summed E-state index contributed by atoms with van der Waals surface area (Å²) in [5, 5.41) is 22.8. The standard InChI is InChI=1S/C16H18ClNO3/c17-13-2-1-3-16(8-13)21-11-15(20)10-18-9-12-4-6-14(19)7-5-12/h1-8,15,18-20H,9-11H2. The lowest BCUT2D eigenvalue weighted by Gasteiger charge is -2.13. The average Bonchev–Trinajstić information content (AvgIpc) is 2.47. The maximum absolute atomic E-state index is 9.84. The molecule has 0 spiro atoms. The third-order valence-electron chi connectivity index (χ3n) is 2.88. The number of aliphatic hydroxyl groups is 1. The molecule has 0 saturated heterocycles. The maximum atomic E-state index is 9.84. The summed E-state index contributed by atoms with van der Waals surface area (Å²) in [5.74, 6) is 0.883. The van der Waals surface area contributed by atoms with Crippen LogP contribution < -0.4 is 10.1 Å². The molecule has 0 aliphatic rings. The van der Waals surface area contributed by atoms with Crippen LogP contribution in [-0.2, 0) is 6.54 Å². The first kappa shape index (κ1) is 15.6. The van der Waals surface area contributed by atoms with E-state index in [0.717, 1.165) is 5.56 Å². The SMILES string of the molecule is Oc1ccc(CNCC(O)COc2cccc(Cl)c2)cc1. The Labute approximate surface area is 129 Å². The highest BCUT2D eigenvalue weighted by Crippen LogP contribution is 2.17. The Bertz CT molecular complexity index is 560. The van der Waals surface area contributed by atoms with E-state index in [2.05, 4.69) is 5.32 Å². The summed E-state index contributed by atoms with van der Waals surface area (Å²) in [4.78, 5) is 0. The van der Waals surface area contributed by atoms with Crippen LogP contribution in [0.3, 0.4) is 0 Å². The Morgan fingerprint density at radius 3 is 2.62 bits per heavy atom. The Hall–Kier alpha value is -1.75. The van der Waals surface area contributed by atoms with Crippen molar-refractivity contribution in [1.82, 2.24) is 5.32 Å². The highest BCUT2D eigenvalue weighted by molar-refractivity contribution is 6.30. The van der Waals surface area contributed by atoms with Gasteiger partial charge < -0.3 is 20.3 Å². The number of aromatic hydroxyl groups is 1. The van der Waals surface area contributed by atoms with Gasteiger partial charge in [-0.05, 0) is 35.9 Å². The normalized spacial score (nSPS) is 12.1. The fraction of sp³-hybridized carbons (Fsp3) is 0.250. The number of rotatable bonds is 7. The van der Waals surface area contributed by atoms with Crippen LogP contribution in [0.25, 0.3) is 0 Å². The second-order valence-corrected chi connectivity index (χ2v) is 5.16. The van der Waals surface area contributed by atoms with Crippen molar-refractivity contribution in [2.75, 3.05) is 13.2 Å². The summed E-state index contributed by atoms with van der Waals surface area (Å²) >= 11 is 5.85. The van der Waals surface area contributed by atoms with Crippen LogP contribution in [0, 0.1) is 0 Å². The lowest BCUT2D eigenvalue weighted by Crippen LogP contribution is -2.31. The Balaban J connectivity index is 1.67. The molecule has 0 aliphatic heterocycles. The number of hydrogen-bond donors (Lipinski definition) is 3. The van der Waals surface area contributed by atoms with E-state index in [1.54, 1.807) is 36.4 Å². The van der Waals surface area contributed by atoms with Crippen LogP contribution in [-0.4, -0.2) is 29.5 Å². The lowest BCUT2D eigenvalue weighted by atomic mass is 10.2. The second-order valence-electron chi connectivity index (χ2n) is 4.72. The minimum absolute atomic E-state index is 0.197. The molecule has 2 rings (SSSR count). The molecule has 0 fully saturated rings. The van der Waals surface area contributed by atoms with Crippen molar-refractivity contribution in [2.45, 2.75) is 12.6 Å². The number of aliphatic hydroxyl groups excluding tert-OH is 1. The van der Waals surface area contributed by atoms with E-state index in [0.29, 0.717) is 23.9 Å². The van der Waals surface area contributed by atoms with Gasteiger partial charge in [-0.25, -0.2) is 0 Å². The number of phenols is 1. The molecule has 0 heterocycles. The van der Waals surface area contributed by atoms with Crippen LogP contribution in [0.4, 0.5) is 0 Å². The van der Waals surface area contributed by atoms with E-state index in [1.807, 2.05) is 12.1 Å². The summed E-state index contributed by atoms with van der Waals surface area (Å²) in [6.45, 7) is 1.23. The van der Waals surface area contributed by atoms with Crippen LogP contribution in [0.15, 0.2) is 48.5 Å². The largest absolute Gasteiger partial charge is 0.508 e. The number of halogens is 1. The van der Waals surface area contributed by atoms with Gasteiger partial charge in [-0.1, -0.05) is 29.8 Å². The summed E-state index contributed by atoms with van der Waals surface area (Å²) < 4.78 is 5.46. The van der Waals surface area contributed by atoms with E-state index in [-0.39, 0.29) is 12.4 Å². The van der Waals surface area contributed by atoms with Gasteiger partial charge in [0.05, 0.1) is 0 Å². The molecule has 2 aromatic carbocycles. The smallest absolute Gasteiger partial charge is 0.120 e. The zero-order valence-electron chi connectivity index (χ0n) is 11.5. The molecule has 0 amide bonds. The van der Waals surface area contributed by atoms with Crippen molar-refractivity contribution in [3.05, 3.63) is 59.1 Å². The van der Waals surface area contributed by atoms with Gasteiger partial charge in [0.15, 0.2) is 0 Å². The fourth-order valence-electron chi connectivity index (χ4n) is 1.81. The summed E-state index contributed by atoms with van der Waals surface area (Å²) in [6.07, 6.45) is -0.610. The summed E-state index contributed by atoms with van der Waals surface area (Å²) in [7, 11) is 0. The van der Waals surface area contributed by atoms with Gasteiger partial charge in [0.25, 0.3) is 0 Å². The molecular weight excluding hydrogens is 290 g/mol. The van der Waals surface area contributed by atoms with E-state index < -0.39 is 6.10 Å². The van der Waals surface area contributed by atoms with Crippen LogP contribution >= 0.6 is 11.6 Å². The minimum Gasteiger partial charge on any atom is -0.508 e. The van der Waals surface area contributed by atoms with E-state index in [4.69, 9.17) is 16.3 Å². The van der Waals surface area contributed by atoms with Gasteiger partial charge in [0.1, 0.15) is 24.2 Å². The molecule has 5 heteroatoms. The number of ether oxygens (including phenoxy) is 1. The third-order valence-corrected chi connectivity index (χ3v) is 3.12. The van der Waals surface area contributed by atoms with Gasteiger partial charge in [-0.3, -0.25) is 0 Å². The van der Waals surface area contributed by atoms with Crippen molar-refractivity contribution in [3.63, 3.8) is 0 Å². The molecule has 0 radical (unpaired) electrons. The monoisotopic (exact) mass is 307 g/mol. The summed E-state index contributed by atoms with van der Waals surface area (Å²) in [6, 6.07) is 14.0. The van der Waals surface area contributed by atoms with Gasteiger partial charge in [-0.2, -0.15) is 0 Å². The van der Waals surface area contributed by atoms with Crippen molar-refractivity contribution >= 4 is 11.6 Å². The molecule has 2 aromatic rings. The molecule has 0 saturated carbocycles. The first-order chi connectivity index (χ1) is 10.1. The van der Waals surface area contributed by atoms with Crippen molar-refractivity contribution < 1.29 is 14.9 Å². The van der Waals surface area contributed by atoms with Crippen LogP contribution in [0.5, 0.6) is 11.5 Å². The molecule has 112 valence electrons. The number of phenolic OH excluding ortho intramolecular Hbond substituents is 1. The lowest BCUT2D eigenvalue weighted by molar-refractivity contribution is 0.106. The Kier molecular flexibility index (Phi) is 5.87. The average molecular weight is 308 g/mol. The quantitative estimate of drug-likeness (QED) is 0.736. The fourth-order valence-corrected chi connectivity index (χ4v) is 1.99. The van der Waals surface area contributed by atoms with Gasteiger partial charge in [-0.15, -0.1) is 0 Å². The number of hydrogen-bond acceptors (Lipinski definition) is 4. The Morgan fingerprint density at radius 1 is 1.14 bits per heavy atom. The van der Waals surface area contributed by atoms with Crippen LogP contribution in [0.1, 0.15) is 5.56 Å². The zero-order chi connectivity index (χ0) is 15.1. The molecule has 0 bridgehead atoms. The number of benzene rings is 2. The minimum atomic E-state index is -0.610. The molecule has 0 aliphatic carbocycles. The highest BCUT2D eigenvalue weighted by atomic mass is 35.5. The first-order valence-electron chi connectivity index (χ1n) is 6.68. The van der Waals surface area contributed by atoms with Crippen LogP contribution in [0.2, 0.25) is 5.02 Å². The second kappa shape index (κ2) is 7.88. The first-order valence-corrected chi connectivity index (χ1v) is 7.06. The van der Waals surface area contributed by atoms with E-state index in [9.17, 15) is 10.2 Å². The van der Waals surface area contributed by atoms with Gasteiger partial charge in [0.2, 0.25) is 0 Å². The molecule has 1 atom stereocenters. The topological polar surface area (TPSA) is 61.7 Å². The molecule has 4 nitrogen and oxygen atoms in total. The van der Waals surface area contributed by atoms with Crippen molar-refractivity contribution in [3.8, 4) is 11.5 Å². The highest BCUT2D eigenvalue weighted by Gasteiger charge is 2.05. The maximum Gasteiger partial charge on any atom is 0.120 e. The summed E-state index contributed by atoms with van der Waals surface area (Å²) in [5.41, 5.74) is 1.04. The van der Waals surface area contributed by atoms with Crippen molar-refractivity contribution in [2.24, 2.45) is 0 Å². The van der Waals surface area contributed by atoms with E-state index >= 15 is 0 Å². The third kappa shape index (κ3) is 5.63. The van der Waals surface area contributed by atoms with Gasteiger partial charge >= 0.3 is 0 Å². The van der Waals surface area contributed by atoms with Crippen molar-refractivity contribution in [1.29, 1.82) is 0 Å².